The lowest BCUT2D eigenvalue weighted by Gasteiger charge is -2.13. The molecule has 1 amide bonds. The van der Waals surface area contributed by atoms with Crippen LogP contribution in [0.15, 0.2) is 64.4 Å². The van der Waals surface area contributed by atoms with Crippen LogP contribution in [0.25, 0.3) is 5.69 Å². The molecular weight excluding hydrogens is 401 g/mol. The quantitative estimate of drug-likeness (QED) is 0.625. The molecule has 29 heavy (non-hydrogen) atoms. The van der Waals surface area contributed by atoms with E-state index in [0.717, 1.165) is 15.2 Å². The topological polar surface area (TPSA) is 82.3 Å². The van der Waals surface area contributed by atoms with Gasteiger partial charge in [-0.3, -0.25) is 23.5 Å². The summed E-state index contributed by atoms with van der Waals surface area (Å²) in [5.41, 5.74) is -1.40. The van der Waals surface area contributed by atoms with Crippen LogP contribution in [-0.4, -0.2) is 21.6 Å². The van der Waals surface area contributed by atoms with Gasteiger partial charge in [0.05, 0.1) is 18.0 Å². The van der Waals surface area contributed by atoms with Gasteiger partial charge in [0.1, 0.15) is 18.1 Å². The minimum Gasteiger partial charge on any atom is -0.492 e. The predicted molar refractivity (Wildman–Crippen MR) is 108 cm³/mol. The lowest BCUT2D eigenvalue weighted by Crippen LogP contribution is -2.41. The van der Waals surface area contributed by atoms with Gasteiger partial charge in [-0.1, -0.05) is 23.7 Å². The highest BCUT2D eigenvalue weighted by Crippen LogP contribution is 2.21. The zero-order valence-corrected chi connectivity index (χ0v) is 16.1. The average Bonchev–Trinajstić information content (AvgIpc) is 2.69. The molecule has 0 unspecified atom stereocenters. The van der Waals surface area contributed by atoms with E-state index < -0.39 is 29.4 Å². The van der Waals surface area contributed by atoms with Gasteiger partial charge in [-0.2, -0.15) is 0 Å². The van der Waals surface area contributed by atoms with Crippen LogP contribution in [0.3, 0.4) is 0 Å². The van der Waals surface area contributed by atoms with E-state index in [1.54, 1.807) is 31.2 Å². The zero-order chi connectivity index (χ0) is 21.0. The van der Waals surface area contributed by atoms with Crippen LogP contribution in [0.1, 0.15) is 6.92 Å². The van der Waals surface area contributed by atoms with E-state index in [-0.39, 0.29) is 10.7 Å². The third kappa shape index (κ3) is 4.55. The van der Waals surface area contributed by atoms with Crippen molar-refractivity contribution < 1.29 is 13.9 Å². The van der Waals surface area contributed by atoms with Gasteiger partial charge >= 0.3 is 11.1 Å². The Labute approximate surface area is 169 Å². The smallest absolute Gasteiger partial charge is 0.321 e. The Morgan fingerprint density at radius 1 is 1.14 bits per heavy atom. The van der Waals surface area contributed by atoms with Gasteiger partial charge in [0.15, 0.2) is 0 Å². The van der Waals surface area contributed by atoms with Crippen LogP contribution in [-0.2, 0) is 11.3 Å². The van der Waals surface area contributed by atoms with Crippen molar-refractivity contribution in [1.29, 1.82) is 0 Å². The van der Waals surface area contributed by atoms with Crippen molar-refractivity contribution in [3.05, 3.63) is 86.4 Å². The molecule has 0 aliphatic rings. The van der Waals surface area contributed by atoms with Crippen molar-refractivity contribution >= 4 is 23.2 Å². The first-order chi connectivity index (χ1) is 13.9. The van der Waals surface area contributed by atoms with Crippen molar-refractivity contribution in [2.45, 2.75) is 13.5 Å². The molecule has 1 aromatic heterocycles. The highest BCUT2D eigenvalue weighted by Gasteiger charge is 2.14. The summed E-state index contributed by atoms with van der Waals surface area (Å²) in [5.74, 6) is -0.924. The highest BCUT2D eigenvalue weighted by molar-refractivity contribution is 6.30. The molecule has 0 aliphatic carbocycles. The number of amides is 1. The third-order valence-corrected chi connectivity index (χ3v) is 4.24. The SMILES string of the molecule is CCOc1ccccc1-n1ccn(CC(=O)Nc2ccc(Cl)cc2F)c(=O)c1=O. The summed E-state index contributed by atoms with van der Waals surface area (Å²) in [5, 5.41) is 2.53. The lowest BCUT2D eigenvalue weighted by molar-refractivity contribution is -0.116. The van der Waals surface area contributed by atoms with E-state index in [9.17, 15) is 18.8 Å². The third-order valence-electron chi connectivity index (χ3n) is 4.00. The van der Waals surface area contributed by atoms with Crippen LogP contribution in [0.2, 0.25) is 5.02 Å². The van der Waals surface area contributed by atoms with Gasteiger partial charge in [0.2, 0.25) is 5.91 Å². The molecule has 7 nitrogen and oxygen atoms in total. The van der Waals surface area contributed by atoms with Gasteiger partial charge in [-0.05, 0) is 37.3 Å². The van der Waals surface area contributed by atoms with Gasteiger partial charge in [0.25, 0.3) is 0 Å². The standard InChI is InChI=1S/C20H17ClFN3O4/c1-2-29-17-6-4-3-5-16(17)25-10-9-24(19(27)20(25)28)12-18(26)23-15-8-7-13(21)11-14(15)22/h3-11H,2,12H2,1H3,(H,23,26). The molecule has 0 atom stereocenters. The van der Waals surface area contributed by atoms with Crippen LogP contribution >= 0.6 is 11.6 Å². The zero-order valence-electron chi connectivity index (χ0n) is 15.4. The molecule has 0 aliphatic heterocycles. The maximum absolute atomic E-state index is 13.8. The van der Waals surface area contributed by atoms with Crippen molar-refractivity contribution in [3.63, 3.8) is 0 Å². The van der Waals surface area contributed by atoms with E-state index in [1.165, 1.54) is 24.5 Å². The molecule has 3 rings (SSSR count). The summed E-state index contributed by atoms with van der Waals surface area (Å²) in [6.45, 7) is 1.74. The number of carbonyl (C=O) groups excluding carboxylic acids is 1. The molecule has 150 valence electrons. The Balaban J connectivity index is 1.86. The summed E-state index contributed by atoms with van der Waals surface area (Å²) in [6.07, 6.45) is 2.68. The maximum atomic E-state index is 13.8. The second-order valence-corrected chi connectivity index (χ2v) is 6.42. The van der Waals surface area contributed by atoms with Crippen LogP contribution in [0.5, 0.6) is 5.75 Å². The summed E-state index contributed by atoms with van der Waals surface area (Å²) in [7, 11) is 0. The maximum Gasteiger partial charge on any atom is 0.321 e. The van der Waals surface area contributed by atoms with Crippen molar-refractivity contribution in [1.82, 2.24) is 9.13 Å². The lowest BCUT2D eigenvalue weighted by atomic mass is 10.3. The summed E-state index contributed by atoms with van der Waals surface area (Å²) in [4.78, 5) is 37.2. The summed E-state index contributed by atoms with van der Waals surface area (Å²) >= 11 is 5.67. The first kappa shape index (κ1) is 20.3. The molecule has 0 bridgehead atoms. The number of nitrogens with zero attached hydrogens (tertiary/aromatic N) is 2. The van der Waals surface area contributed by atoms with Gasteiger partial charge in [0, 0.05) is 17.4 Å². The fourth-order valence-corrected chi connectivity index (χ4v) is 2.85. The first-order valence-electron chi connectivity index (χ1n) is 8.70. The largest absolute Gasteiger partial charge is 0.492 e. The Hall–Kier alpha value is -3.39. The number of hydrogen-bond acceptors (Lipinski definition) is 4. The molecule has 0 saturated carbocycles. The number of rotatable bonds is 6. The second-order valence-electron chi connectivity index (χ2n) is 5.98. The Bertz CT molecular complexity index is 1170. The fraction of sp³-hybridized carbons (Fsp3) is 0.150. The average molecular weight is 418 g/mol. The number of hydrogen-bond donors (Lipinski definition) is 1. The molecule has 1 N–H and O–H groups in total. The fourth-order valence-electron chi connectivity index (χ4n) is 2.69. The number of carbonyl (C=O) groups is 1. The number of benzene rings is 2. The predicted octanol–water partition coefficient (Wildman–Crippen LogP) is 2.83. The van der Waals surface area contributed by atoms with Crippen molar-refractivity contribution in [2.24, 2.45) is 0 Å². The molecule has 2 aromatic carbocycles. The minimum absolute atomic E-state index is 0.0774. The molecular formula is C20H17ClFN3O4. The number of nitrogens with one attached hydrogen (secondary N) is 1. The van der Waals surface area contributed by atoms with E-state index in [0.29, 0.717) is 18.0 Å². The molecule has 0 radical (unpaired) electrons. The molecule has 0 spiro atoms. The van der Waals surface area contributed by atoms with E-state index in [1.807, 2.05) is 0 Å². The number of anilines is 1. The van der Waals surface area contributed by atoms with Crippen LogP contribution in [0, 0.1) is 5.82 Å². The van der Waals surface area contributed by atoms with Gasteiger partial charge < -0.3 is 10.1 Å². The van der Waals surface area contributed by atoms with Gasteiger partial charge in [-0.15, -0.1) is 0 Å². The van der Waals surface area contributed by atoms with Crippen LogP contribution in [0.4, 0.5) is 10.1 Å². The van der Waals surface area contributed by atoms with Crippen LogP contribution < -0.4 is 21.2 Å². The van der Waals surface area contributed by atoms with E-state index >= 15 is 0 Å². The number of para-hydroxylation sites is 2. The monoisotopic (exact) mass is 417 g/mol. The van der Waals surface area contributed by atoms with E-state index in [4.69, 9.17) is 16.3 Å². The summed E-state index contributed by atoms with van der Waals surface area (Å²) in [6, 6.07) is 10.6. The number of halogens is 2. The normalized spacial score (nSPS) is 10.6. The van der Waals surface area contributed by atoms with Gasteiger partial charge in [-0.25, -0.2) is 4.39 Å². The molecule has 0 saturated heterocycles. The highest BCUT2D eigenvalue weighted by atomic mass is 35.5. The molecule has 1 heterocycles. The van der Waals surface area contributed by atoms with Crippen molar-refractivity contribution in [2.75, 3.05) is 11.9 Å². The minimum atomic E-state index is -0.898. The molecule has 9 heteroatoms. The summed E-state index contributed by atoms with van der Waals surface area (Å²) < 4.78 is 21.4. The number of ether oxygens (including phenoxy) is 1. The van der Waals surface area contributed by atoms with Crippen molar-refractivity contribution in [3.8, 4) is 11.4 Å². The Kier molecular flexibility index (Phi) is 6.13. The van der Waals surface area contributed by atoms with E-state index in [2.05, 4.69) is 5.32 Å². The molecule has 3 aromatic rings. The number of aromatic nitrogens is 2. The second kappa shape index (κ2) is 8.74. The Morgan fingerprint density at radius 3 is 2.62 bits per heavy atom. The Morgan fingerprint density at radius 2 is 1.90 bits per heavy atom. The first-order valence-corrected chi connectivity index (χ1v) is 9.07. The molecule has 0 fully saturated rings.